The number of fused-ring (bicyclic) bond motifs is 21. The number of unbranched alkanes of at least 4 members (excludes halogenated alkanes) is 1. The molecule has 0 atom stereocenters. The van der Waals surface area contributed by atoms with Crippen molar-refractivity contribution in [3.8, 4) is 28.2 Å². The van der Waals surface area contributed by atoms with Crippen LogP contribution in [0.25, 0.3) is 116 Å². The summed E-state index contributed by atoms with van der Waals surface area (Å²) in [4.78, 5) is 0. The highest BCUT2D eigenvalue weighted by Crippen LogP contribution is 2.44. The molecule has 0 spiro atoms. The zero-order valence-electron chi connectivity index (χ0n) is 35.6. The van der Waals surface area contributed by atoms with E-state index in [0.29, 0.717) is 0 Å². The van der Waals surface area contributed by atoms with E-state index in [1.165, 1.54) is 110 Å². The van der Waals surface area contributed by atoms with Gasteiger partial charge in [0.2, 0.25) is 5.71 Å². The van der Waals surface area contributed by atoms with Crippen molar-refractivity contribution in [2.24, 2.45) is 0 Å². The molecular formula is C58H38BN5O. The van der Waals surface area contributed by atoms with Crippen molar-refractivity contribution in [3.63, 3.8) is 0 Å². The van der Waals surface area contributed by atoms with Gasteiger partial charge in [0, 0.05) is 33.2 Å². The largest absolute Gasteiger partial charge is 0.437 e. The molecule has 14 aromatic rings. The standard InChI is InChI=1S/C58H38BN5O/c1-2-3-16-34-29-49-54-50(30-34)64-57-52(39-22-8-11-25-44(39)63(57)55-40-23-9-14-28-51(40)65-58(55)64)59(54)53-42-32-41-38-21-7-10-24-43(38)60(37-20-15-19-36(31-37)35-17-5-4-6-18-35)47(41)33-48(42)61-45-26-12-13-27-46(45)62(49)56(53)61/h4-15,17-33H,2-3,16H2,1H3. The van der Waals surface area contributed by atoms with E-state index in [4.69, 9.17) is 4.42 Å². The Morgan fingerprint density at radius 1 is 0.446 bits per heavy atom. The number of aryl methyl sites for hydroxylation is 1. The highest BCUT2D eigenvalue weighted by Gasteiger charge is 2.46. The van der Waals surface area contributed by atoms with E-state index in [2.05, 4.69) is 205 Å². The SMILES string of the molecule is CCCCc1cc2c3c(c1)-n1c4oc5ccccc5c4n4c5ccccc5c(c14)B3c1c3cc4c5ccccc5n(-c5cccc(-c6ccccc6)c5)c4cc3n3c4ccccc4n-2c13. The molecule has 16 rings (SSSR count). The summed E-state index contributed by atoms with van der Waals surface area (Å²) in [5.74, 6) is 0. The molecule has 0 fully saturated rings. The van der Waals surface area contributed by atoms with Crippen LogP contribution in [0.1, 0.15) is 25.3 Å². The number of furan rings is 1. The van der Waals surface area contributed by atoms with Gasteiger partial charge in [-0.2, -0.15) is 0 Å². The minimum atomic E-state index is -0.0365. The van der Waals surface area contributed by atoms with Crippen LogP contribution in [0.5, 0.6) is 0 Å². The van der Waals surface area contributed by atoms with Gasteiger partial charge in [-0.3, -0.25) is 17.9 Å². The van der Waals surface area contributed by atoms with Crippen molar-refractivity contribution < 1.29 is 4.42 Å². The smallest absolute Gasteiger partial charge is 0.258 e. The lowest BCUT2D eigenvalue weighted by atomic mass is 9.34. The lowest BCUT2D eigenvalue weighted by Gasteiger charge is -2.32. The van der Waals surface area contributed by atoms with Crippen molar-refractivity contribution in [2.75, 3.05) is 0 Å². The van der Waals surface area contributed by atoms with Crippen LogP contribution in [0, 0.1) is 0 Å². The van der Waals surface area contributed by atoms with Crippen LogP contribution >= 0.6 is 0 Å². The van der Waals surface area contributed by atoms with Crippen molar-refractivity contribution in [1.82, 2.24) is 22.5 Å². The van der Waals surface area contributed by atoms with Crippen molar-refractivity contribution in [1.29, 1.82) is 0 Å². The van der Waals surface area contributed by atoms with Gasteiger partial charge >= 0.3 is 0 Å². The Morgan fingerprint density at radius 2 is 1.12 bits per heavy atom. The van der Waals surface area contributed by atoms with Crippen LogP contribution in [0.15, 0.2) is 180 Å². The molecular weight excluding hydrogens is 793 g/mol. The maximum atomic E-state index is 6.99. The Balaban J connectivity index is 1.10. The number of hydrogen-bond donors (Lipinski definition) is 0. The molecule has 65 heavy (non-hydrogen) atoms. The molecule has 7 heteroatoms. The molecule has 0 aliphatic carbocycles. The Morgan fingerprint density at radius 3 is 1.97 bits per heavy atom. The Labute approximate surface area is 372 Å². The quantitative estimate of drug-likeness (QED) is 0.159. The number of imidazole rings is 2. The van der Waals surface area contributed by atoms with Crippen molar-refractivity contribution in [2.45, 2.75) is 26.2 Å². The fourth-order valence-corrected chi connectivity index (χ4v) is 12.4. The second-order valence-corrected chi connectivity index (χ2v) is 18.3. The van der Waals surface area contributed by atoms with Crippen LogP contribution in [0.3, 0.4) is 0 Å². The minimum Gasteiger partial charge on any atom is -0.437 e. The molecule has 2 aliphatic rings. The van der Waals surface area contributed by atoms with Crippen LogP contribution in [0.2, 0.25) is 0 Å². The molecule has 304 valence electrons. The van der Waals surface area contributed by atoms with E-state index in [9.17, 15) is 0 Å². The number of rotatable bonds is 5. The molecule has 2 aliphatic heterocycles. The summed E-state index contributed by atoms with van der Waals surface area (Å²) in [7, 11) is 0. The van der Waals surface area contributed by atoms with E-state index in [-0.39, 0.29) is 6.71 Å². The highest BCUT2D eigenvalue weighted by molar-refractivity contribution is 7.02. The van der Waals surface area contributed by atoms with Gasteiger partial charge in [0.1, 0.15) is 22.4 Å². The predicted octanol–water partition coefficient (Wildman–Crippen LogP) is 12.4. The fraction of sp³-hybridized carbons (Fsp3) is 0.0690. The highest BCUT2D eigenvalue weighted by atomic mass is 16.3. The summed E-state index contributed by atoms with van der Waals surface area (Å²) in [6.07, 6.45) is 3.27. The second kappa shape index (κ2) is 12.1. The maximum absolute atomic E-state index is 6.99. The summed E-state index contributed by atoms with van der Waals surface area (Å²) in [5.41, 5.74) is 24.1. The molecule has 6 aromatic heterocycles. The molecule has 8 aromatic carbocycles. The van der Waals surface area contributed by atoms with Gasteiger partial charge in [-0.05, 0) is 129 Å². The maximum Gasteiger partial charge on any atom is 0.258 e. The van der Waals surface area contributed by atoms with E-state index in [1.54, 1.807) is 0 Å². The molecule has 0 N–H and O–H groups in total. The van der Waals surface area contributed by atoms with Crippen LogP contribution in [-0.2, 0) is 6.42 Å². The van der Waals surface area contributed by atoms with Gasteiger partial charge in [0.15, 0.2) is 0 Å². The summed E-state index contributed by atoms with van der Waals surface area (Å²) >= 11 is 0. The van der Waals surface area contributed by atoms with Crippen molar-refractivity contribution >= 4 is 111 Å². The predicted molar refractivity (Wildman–Crippen MR) is 270 cm³/mol. The van der Waals surface area contributed by atoms with Gasteiger partial charge in [-0.15, -0.1) is 0 Å². The zero-order valence-corrected chi connectivity index (χ0v) is 35.6. The molecule has 0 saturated carbocycles. The number of para-hydroxylation sites is 5. The molecule has 0 saturated heterocycles. The normalized spacial score (nSPS) is 13.2. The van der Waals surface area contributed by atoms with Crippen LogP contribution in [-0.4, -0.2) is 29.2 Å². The van der Waals surface area contributed by atoms with E-state index in [0.717, 1.165) is 47.1 Å². The van der Waals surface area contributed by atoms with Gasteiger partial charge in [0.05, 0.1) is 33.1 Å². The Hall–Kier alpha value is -8.16. The fourth-order valence-electron chi connectivity index (χ4n) is 12.4. The summed E-state index contributed by atoms with van der Waals surface area (Å²) in [5, 5.41) is 6.23. The first-order chi connectivity index (χ1) is 32.2. The third kappa shape index (κ3) is 4.14. The average Bonchev–Trinajstić information content (AvgIpc) is 4.19. The Kier molecular flexibility index (Phi) is 6.39. The number of aromatic nitrogens is 5. The second-order valence-electron chi connectivity index (χ2n) is 18.3. The third-order valence-electron chi connectivity index (χ3n) is 15.0. The van der Waals surface area contributed by atoms with Gasteiger partial charge in [-0.25, -0.2) is 0 Å². The van der Waals surface area contributed by atoms with E-state index < -0.39 is 0 Å². The zero-order chi connectivity index (χ0) is 42.2. The van der Waals surface area contributed by atoms with Gasteiger partial charge in [-0.1, -0.05) is 116 Å². The third-order valence-corrected chi connectivity index (χ3v) is 15.0. The summed E-state index contributed by atoms with van der Waals surface area (Å²) in [6.45, 7) is 2.26. The first kappa shape index (κ1) is 34.3. The first-order valence-corrected chi connectivity index (χ1v) is 23.0. The topological polar surface area (TPSA) is 36.8 Å². The van der Waals surface area contributed by atoms with E-state index >= 15 is 0 Å². The molecule has 0 amide bonds. The summed E-state index contributed by atoms with van der Waals surface area (Å²) < 4.78 is 19.7. The number of hydrogen-bond acceptors (Lipinski definition) is 1. The monoisotopic (exact) mass is 831 g/mol. The molecule has 0 unspecified atom stereocenters. The lowest BCUT2D eigenvalue weighted by Crippen LogP contribution is -2.59. The molecule has 8 heterocycles. The first-order valence-electron chi connectivity index (χ1n) is 23.0. The lowest BCUT2D eigenvalue weighted by molar-refractivity contribution is 0.645. The van der Waals surface area contributed by atoms with Crippen molar-refractivity contribution in [3.05, 3.63) is 181 Å². The van der Waals surface area contributed by atoms with Gasteiger partial charge in [0.25, 0.3) is 6.71 Å². The summed E-state index contributed by atoms with van der Waals surface area (Å²) in [6, 6.07) is 65.4. The molecule has 6 nitrogen and oxygen atoms in total. The molecule has 0 bridgehead atoms. The van der Waals surface area contributed by atoms with Crippen LogP contribution in [0.4, 0.5) is 0 Å². The van der Waals surface area contributed by atoms with E-state index in [1.807, 2.05) is 0 Å². The van der Waals surface area contributed by atoms with Crippen LogP contribution < -0.4 is 16.4 Å². The Bertz CT molecular complexity index is 4420. The van der Waals surface area contributed by atoms with Gasteiger partial charge < -0.3 is 8.98 Å². The minimum absolute atomic E-state index is 0.0365. The number of benzene rings is 8. The molecule has 0 radical (unpaired) electrons. The number of nitrogens with zero attached hydrogens (tertiary/aromatic N) is 5. The average molecular weight is 832 g/mol.